The molecule has 1 aromatic carbocycles. The maximum Gasteiger partial charge on any atom is 0.250 e. The minimum atomic E-state index is -3.45. The average Bonchev–Trinajstić information content (AvgIpc) is 3.27. The molecule has 0 spiro atoms. The fraction of sp³-hybridized carbons (Fsp3) is 0.474. The van der Waals surface area contributed by atoms with Crippen LogP contribution in [0.5, 0.6) is 0 Å². The van der Waals surface area contributed by atoms with E-state index in [0.29, 0.717) is 10.8 Å². The Kier molecular flexibility index (Phi) is 6.02. The molecule has 2 N–H and O–H groups in total. The summed E-state index contributed by atoms with van der Waals surface area (Å²) in [7, 11) is 0.600. The maximum absolute atomic E-state index is 12.6. The topological polar surface area (TPSA) is 53.9 Å². The molecule has 0 saturated carbocycles. The van der Waals surface area contributed by atoms with Gasteiger partial charge in [0.15, 0.2) is 0 Å². The summed E-state index contributed by atoms with van der Waals surface area (Å²) in [6.07, 6.45) is 2.41. The van der Waals surface area contributed by atoms with Gasteiger partial charge in [-0.15, -0.1) is 11.3 Å². The lowest BCUT2D eigenvalue weighted by Crippen LogP contribution is -3.11. The smallest absolute Gasteiger partial charge is 0.250 e. The highest BCUT2D eigenvalue weighted by Gasteiger charge is 2.29. The molecule has 1 aliphatic heterocycles. The van der Waals surface area contributed by atoms with E-state index < -0.39 is 10.0 Å². The van der Waals surface area contributed by atoms with Crippen LogP contribution in [0.4, 0.5) is 5.69 Å². The third kappa shape index (κ3) is 4.46. The van der Waals surface area contributed by atoms with E-state index in [1.54, 1.807) is 6.07 Å². The summed E-state index contributed by atoms with van der Waals surface area (Å²) in [6.45, 7) is 4.54. The molecule has 0 bridgehead atoms. The van der Waals surface area contributed by atoms with Gasteiger partial charge in [-0.05, 0) is 31.2 Å². The number of benzene rings is 1. The molecule has 0 unspecified atom stereocenters. The van der Waals surface area contributed by atoms with Crippen LogP contribution < -0.4 is 14.5 Å². The number of rotatable bonds is 7. The first-order valence-corrected chi connectivity index (χ1v) is 11.3. The third-order valence-corrected chi connectivity index (χ3v) is 7.92. The molecule has 26 heavy (non-hydrogen) atoms. The first-order valence-electron chi connectivity index (χ1n) is 9.05. The van der Waals surface area contributed by atoms with Crippen molar-refractivity contribution in [3.63, 3.8) is 0 Å². The number of quaternary nitrogens is 1. The number of hydrogen-bond donors (Lipinski definition) is 2. The van der Waals surface area contributed by atoms with Crippen LogP contribution in [-0.2, 0) is 10.0 Å². The van der Waals surface area contributed by atoms with Crippen molar-refractivity contribution in [1.82, 2.24) is 4.72 Å². The highest BCUT2D eigenvalue weighted by atomic mass is 32.2. The Hall–Kier alpha value is -1.41. The van der Waals surface area contributed by atoms with Crippen molar-refractivity contribution in [2.45, 2.75) is 30.0 Å². The zero-order chi connectivity index (χ0) is 18.7. The van der Waals surface area contributed by atoms with Crippen LogP contribution in [-0.4, -0.2) is 42.1 Å². The maximum atomic E-state index is 12.6. The summed E-state index contributed by atoms with van der Waals surface area (Å²) in [5, 5.41) is 0. The van der Waals surface area contributed by atoms with Gasteiger partial charge >= 0.3 is 0 Å². The quantitative estimate of drug-likeness (QED) is 0.753. The predicted octanol–water partition coefficient (Wildman–Crippen LogP) is 1.82. The minimum Gasteiger partial charge on any atom is -0.378 e. The number of anilines is 1. The highest BCUT2D eigenvalue weighted by Crippen LogP contribution is 2.21. The fourth-order valence-electron chi connectivity index (χ4n) is 3.50. The highest BCUT2D eigenvalue weighted by molar-refractivity contribution is 7.91. The zero-order valence-corrected chi connectivity index (χ0v) is 17.3. The van der Waals surface area contributed by atoms with Crippen molar-refractivity contribution in [2.24, 2.45) is 0 Å². The monoisotopic (exact) mass is 394 g/mol. The van der Waals surface area contributed by atoms with E-state index >= 15 is 0 Å². The molecular weight excluding hydrogens is 366 g/mol. The van der Waals surface area contributed by atoms with Gasteiger partial charge in [-0.25, -0.2) is 13.1 Å². The minimum absolute atomic E-state index is 0.143. The van der Waals surface area contributed by atoms with Crippen LogP contribution in [0.2, 0.25) is 0 Å². The van der Waals surface area contributed by atoms with Gasteiger partial charge in [-0.3, -0.25) is 0 Å². The molecule has 3 rings (SSSR count). The molecule has 1 saturated heterocycles. The van der Waals surface area contributed by atoms with Crippen LogP contribution in [0.15, 0.2) is 40.6 Å². The van der Waals surface area contributed by atoms with Gasteiger partial charge in [0.25, 0.3) is 0 Å². The molecule has 7 heteroatoms. The molecule has 1 atom stereocenters. The molecule has 0 amide bonds. The van der Waals surface area contributed by atoms with Crippen molar-refractivity contribution in [2.75, 3.05) is 38.6 Å². The summed E-state index contributed by atoms with van der Waals surface area (Å²) < 4.78 is 28.5. The van der Waals surface area contributed by atoms with Gasteiger partial charge in [0.1, 0.15) is 10.3 Å². The molecular formula is C19H28N3O2S2+. The molecule has 142 valence electrons. The number of thiophene rings is 1. The van der Waals surface area contributed by atoms with Crippen LogP contribution in [0.3, 0.4) is 0 Å². The van der Waals surface area contributed by atoms with Crippen LogP contribution in [0, 0.1) is 6.92 Å². The first-order chi connectivity index (χ1) is 12.4. The van der Waals surface area contributed by atoms with Crippen molar-refractivity contribution in [3.8, 4) is 0 Å². The van der Waals surface area contributed by atoms with Crippen LogP contribution in [0.1, 0.15) is 29.3 Å². The largest absolute Gasteiger partial charge is 0.378 e. The normalized spacial score (nSPS) is 16.7. The van der Waals surface area contributed by atoms with Crippen molar-refractivity contribution >= 4 is 27.0 Å². The summed E-state index contributed by atoms with van der Waals surface area (Å²) in [5.74, 6) is 0. The van der Waals surface area contributed by atoms with E-state index in [2.05, 4.69) is 33.9 Å². The summed E-state index contributed by atoms with van der Waals surface area (Å²) in [6, 6.07) is 12.2. The number of aryl methyl sites for hydroxylation is 1. The molecule has 0 aliphatic carbocycles. The van der Waals surface area contributed by atoms with Gasteiger partial charge in [-0.1, -0.05) is 12.1 Å². The molecule has 1 aromatic heterocycles. The Morgan fingerprint density at radius 1 is 1.12 bits per heavy atom. The number of nitrogens with one attached hydrogen (secondary N) is 2. The first kappa shape index (κ1) is 19.4. The molecule has 2 heterocycles. The summed E-state index contributed by atoms with van der Waals surface area (Å²) >= 11 is 1.32. The summed E-state index contributed by atoms with van der Waals surface area (Å²) in [5.41, 5.74) is 2.34. The van der Waals surface area contributed by atoms with E-state index in [0.717, 1.165) is 23.7 Å². The second-order valence-corrected chi connectivity index (χ2v) is 10.4. The standard InChI is InChI=1S/C19H27N3O2S2/c1-15-6-11-19(25-15)26(23,24)20-14-18(22-12-4-5-13-22)16-7-9-17(10-8-16)21(2)3/h6-11,18,20H,4-5,12-14H2,1-3H3/p+1/t18-/m1/s1. The molecule has 1 aliphatic rings. The lowest BCUT2D eigenvalue weighted by molar-refractivity contribution is -0.918. The SMILES string of the molecule is Cc1ccc(S(=O)(=O)NC[C@H](c2ccc(N(C)C)cc2)[NH+]2CCCC2)s1. The second kappa shape index (κ2) is 8.08. The number of sulfonamides is 1. The molecule has 0 radical (unpaired) electrons. The van der Waals surface area contributed by atoms with Crippen LogP contribution in [0.25, 0.3) is 0 Å². The van der Waals surface area contributed by atoms with Crippen LogP contribution >= 0.6 is 11.3 Å². The predicted molar refractivity (Wildman–Crippen MR) is 108 cm³/mol. The molecule has 2 aromatic rings. The van der Waals surface area contributed by atoms with Gasteiger partial charge in [-0.2, -0.15) is 0 Å². The van der Waals surface area contributed by atoms with E-state index in [-0.39, 0.29) is 6.04 Å². The third-order valence-electron chi connectivity index (χ3n) is 5.01. The number of hydrogen-bond acceptors (Lipinski definition) is 4. The van der Waals surface area contributed by atoms with E-state index in [9.17, 15) is 8.42 Å². The van der Waals surface area contributed by atoms with Gasteiger partial charge in [0.2, 0.25) is 10.0 Å². The Morgan fingerprint density at radius 3 is 2.31 bits per heavy atom. The Balaban J connectivity index is 1.78. The lowest BCUT2D eigenvalue weighted by atomic mass is 10.1. The Bertz CT molecular complexity index is 823. The number of nitrogens with zero attached hydrogens (tertiary/aromatic N) is 1. The van der Waals surface area contributed by atoms with Gasteiger partial charge in [0, 0.05) is 43.1 Å². The van der Waals surface area contributed by atoms with E-state index in [1.165, 1.54) is 34.6 Å². The van der Waals surface area contributed by atoms with Crippen molar-refractivity contribution in [1.29, 1.82) is 0 Å². The lowest BCUT2D eigenvalue weighted by Gasteiger charge is -2.25. The Morgan fingerprint density at radius 2 is 1.77 bits per heavy atom. The zero-order valence-electron chi connectivity index (χ0n) is 15.7. The van der Waals surface area contributed by atoms with Gasteiger partial charge in [0.05, 0.1) is 19.6 Å². The summed E-state index contributed by atoms with van der Waals surface area (Å²) in [4.78, 5) is 4.54. The Labute approximate surface area is 160 Å². The second-order valence-electron chi connectivity index (χ2n) is 7.12. The number of likely N-dealkylation sites (tertiary alicyclic amines) is 1. The average molecular weight is 395 g/mol. The van der Waals surface area contributed by atoms with Crippen molar-refractivity contribution in [3.05, 3.63) is 46.8 Å². The van der Waals surface area contributed by atoms with E-state index in [1.807, 2.05) is 27.1 Å². The fourth-order valence-corrected chi connectivity index (χ4v) is 5.88. The van der Waals surface area contributed by atoms with Crippen molar-refractivity contribution < 1.29 is 13.3 Å². The van der Waals surface area contributed by atoms with Gasteiger partial charge < -0.3 is 9.80 Å². The molecule has 5 nitrogen and oxygen atoms in total. The molecule has 1 fully saturated rings. The van der Waals surface area contributed by atoms with E-state index in [4.69, 9.17) is 0 Å².